The molecule has 2 N–H and O–H groups in total. The molecule has 1 aliphatic heterocycles. The Morgan fingerprint density at radius 3 is 2.89 bits per heavy atom. The molecular formula is C14H18F2N2O. The number of halogens is 2. The van der Waals surface area contributed by atoms with Crippen LogP contribution in [0.15, 0.2) is 18.2 Å². The third kappa shape index (κ3) is 3.50. The zero-order valence-corrected chi connectivity index (χ0v) is 10.9. The van der Waals surface area contributed by atoms with Gasteiger partial charge in [-0.25, -0.2) is 8.78 Å². The van der Waals surface area contributed by atoms with Gasteiger partial charge >= 0.3 is 0 Å². The first-order chi connectivity index (χ1) is 9.08. The molecule has 2 atom stereocenters. The molecule has 19 heavy (non-hydrogen) atoms. The van der Waals surface area contributed by atoms with Gasteiger partial charge in [-0.2, -0.15) is 0 Å². The lowest BCUT2D eigenvalue weighted by molar-refractivity contribution is 0.0943. The first-order valence-electron chi connectivity index (χ1n) is 6.54. The molecule has 1 aromatic rings. The zero-order chi connectivity index (χ0) is 13.8. The van der Waals surface area contributed by atoms with Crippen LogP contribution in [0.2, 0.25) is 0 Å². The van der Waals surface area contributed by atoms with E-state index in [1.165, 1.54) is 6.07 Å². The fourth-order valence-corrected chi connectivity index (χ4v) is 2.33. The number of carbonyl (C=O) groups is 1. The van der Waals surface area contributed by atoms with Crippen molar-refractivity contribution >= 4 is 5.91 Å². The van der Waals surface area contributed by atoms with Crippen molar-refractivity contribution in [1.82, 2.24) is 10.6 Å². The number of hydrogen-bond donors (Lipinski definition) is 2. The molecule has 0 bridgehead atoms. The highest BCUT2D eigenvalue weighted by molar-refractivity contribution is 5.94. The maximum Gasteiger partial charge on any atom is 0.251 e. The summed E-state index contributed by atoms with van der Waals surface area (Å²) >= 11 is 0. The number of piperidine rings is 1. The standard InChI is InChI=1S/C14H18F2N2O/c1-9-3-2-6-17-13(9)8-18-14(19)10-4-5-11(15)12(16)7-10/h4-5,7,9,13,17H,2-3,6,8H2,1H3,(H,18,19). The Hall–Kier alpha value is -1.49. The van der Waals surface area contributed by atoms with E-state index in [0.29, 0.717) is 12.5 Å². The van der Waals surface area contributed by atoms with Gasteiger partial charge in [0.2, 0.25) is 0 Å². The number of amides is 1. The average Bonchev–Trinajstić information content (AvgIpc) is 2.40. The lowest BCUT2D eigenvalue weighted by atomic mass is 9.93. The van der Waals surface area contributed by atoms with E-state index in [-0.39, 0.29) is 17.5 Å². The van der Waals surface area contributed by atoms with Gasteiger partial charge in [-0.15, -0.1) is 0 Å². The summed E-state index contributed by atoms with van der Waals surface area (Å²) in [4.78, 5) is 11.8. The SMILES string of the molecule is CC1CCCNC1CNC(=O)c1ccc(F)c(F)c1. The minimum Gasteiger partial charge on any atom is -0.350 e. The second kappa shape index (κ2) is 6.10. The van der Waals surface area contributed by atoms with Crippen molar-refractivity contribution in [3.05, 3.63) is 35.4 Å². The molecule has 2 unspecified atom stereocenters. The molecule has 1 aromatic carbocycles. The number of rotatable bonds is 3. The van der Waals surface area contributed by atoms with Gasteiger partial charge in [-0.05, 0) is 43.5 Å². The Morgan fingerprint density at radius 1 is 1.42 bits per heavy atom. The van der Waals surface area contributed by atoms with Crippen molar-refractivity contribution in [2.24, 2.45) is 5.92 Å². The maximum absolute atomic E-state index is 13.0. The molecule has 0 spiro atoms. The second-order valence-electron chi connectivity index (χ2n) is 5.02. The average molecular weight is 268 g/mol. The van der Waals surface area contributed by atoms with E-state index in [1.807, 2.05) is 0 Å². The van der Waals surface area contributed by atoms with E-state index in [4.69, 9.17) is 0 Å². The summed E-state index contributed by atoms with van der Waals surface area (Å²) in [7, 11) is 0. The fourth-order valence-electron chi connectivity index (χ4n) is 2.33. The number of benzene rings is 1. The Morgan fingerprint density at radius 2 is 2.21 bits per heavy atom. The van der Waals surface area contributed by atoms with Gasteiger partial charge in [0.05, 0.1) is 0 Å². The highest BCUT2D eigenvalue weighted by Crippen LogP contribution is 2.15. The summed E-state index contributed by atoms with van der Waals surface area (Å²) in [6, 6.07) is 3.41. The number of carbonyl (C=O) groups excluding carboxylic acids is 1. The first kappa shape index (κ1) is 13.9. The van der Waals surface area contributed by atoms with E-state index in [9.17, 15) is 13.6 Å². The molecule has 1 fully saturated rings. The summed E-state index contributed by atoms with van der Waals surface area (Å²) in [6.45, 7) is 3.59. The van der Waals surface area contributed by atoms with E-state index in [0.717, 1.165) is 31.5 Å². The lowest BCUT2D eigenvalue weighted by Gasteiger charge is -2.30. The van der Waals surface area contributed by atoms with Gasteiger partial charge in [-0.1, -0.05) is 6.92 Å². The normalized spacial score (nSPS) is 23.1. The molecule has 0 aromatic heterocycles. The highest BCUT2D eigenvalue weighted by Gasteiger charge is 2.21. The molecule has 1 amide bonds. The molecule has 1 saturated heterocycles. The first-order valence-corrected chi connectivity index (χ1v) is 6.54. The van der Waals surface area contributed by atoms with Crippen LogP contribution in [0, 0.1) is 17.6 Å². The van der Waals surface area contributed by atoms with Crippen LogP contribution in [0.1, 0.15) is 30.1 Å². The number of nitrogens with one attached hydrogen (secondary N) is 2. The van der Waals surface area contributed by atoms with E-state index in [2.05, 4.69) is 17.6 Å². The lowest BCUT2D eigenvalue weighted by Crippen LogP contribution is -2.47. The maximum atomic E-state index is 13.0. The molecule has 5 heteroatoms. The second-order valence-corrected chi connectivity index (χ2v) is 5.02. The molecule has 0 radical (unpaired) electrons. The van der Waals surface area contributed by atoms with Crippen molar-refractivity contribution in [2.75, 3.05) is 13.1 Å². The van der Waals surface area contributed by atoms with Crippen LogP contribution in [-0.2, 0) is 0 Å². The van der Waals surface area contributed by atoms with Crippen molar-refractivity contribution in [3.63, 3.8) is 0 Å². The van der Waals surface area contributed by atoms with Crippen LogP contribution < -0.4 is 10.6 Å². The summed E-state index contributed by atoms with van der Waals surface area (Å²) in [5.41, 5.74) is 0.141. The largest absolute Gasteiger partial charge is 0.350 e. The van der Waals surface area contributed by atoms with Crippen LogP contribution in [0.4, 0.5) is 8.78 Å². The van der Waals surface area contributed by atoms with Gasteiger partial charge in [0.15, 0.2) is 11.6 Å². The van der Waals surface area contributed by atoms with Crippen molar-refractivity contribution in [2.45, 2.75) is 25.8 Å². The summed E-state index contributed by atoms with van der Waals surface area (Å²) in [5.74, 6) is -1.83. The van der Waals surface area contributed by atoms with Crippen LogP contribution >= 0.6 is 0 Å². The summed E-state index contributed by atoms with van der Waals surface area (Å²) in [5, 5.41) is 6.10. The van der Waals surface area contributed by atoms with Gasteiger partial charge in [0.1, 0.15) is 0 Å². The van der Waals surface area contributed by atoms with E-state index < -0.39 is 11.6 Å². The minimum absolute atomic E-state index is 0.141. The Bertz CT molecular complexity index is 465. The Balaban J connectivity index is 1.91. The molecule has 0 saturated carbocycles. The van der Waals surface area contributed by atoms with E-state index in [1.54, 1.807) is 0 Å². The van der Waals surface area contributed by atoms with Crippen LogP contribution in [0.3, 0.4) is 0 Å². The van der Waals surface area contributed by atoms with Gasteiger partial charge < -0.3 is 10.6 Å². The molecule has 2 rings (SSSR count). The summed E-state index contributed by atoms with van der Waals surface area (Å²) in [6.07, 6.45) is 2.29. The van der Waals surface area contributed by atoms with Crippen molar-refractivity contribution in [3.8, 4) is 0 Å². The minimum atomic E-state index is -1.00. The van der Waals surface area contributed by atoms with Crippen LogP contribution in [0.25, 0.3) is 0 Å². The number of hydrogen-bond acceptors (Lipinski definition) is 2. The smallest absolute Gasteiger partial charge is 0.251 e. The van der Waals surface area contributed by atoms with Crippen LogP contribution in [0.5, 0.6) is 0 Å². The van der Waals surface area contributed by atoms with Gasteiger partial charge in [0.25, 0.3) is 5.91 Å². The third-order valence-corrected chi connectivity index (χ3v) is 3.59. The van der Waals surface area contributed by atoms with Crippen molar-refractivity contribution in [1.29, 1.82) is 0 Å². The summed E-state index contributed by atoms with van der Waals surface area (Å²) < 4.78 is 25.8. The monoisotopic (exact) mass is 268 g/mol. The molecule has 3 nitrogen and oxygen atoms in total. The third-order valence-electron chi connectivity index (χ3n) is 3.59. The molecule has 1 heterocycles. The molecular weight excluding hydrogens is 250 g/mol. The van der Waals surface area contributed by atoms with Gasteiger partial charge in [0, 0.05) is 18.2 Å². The predicted octanol–water partition coefficient (Wildman–Crippen LogP) is 2.08. The van der Waals surface area contributed by atoms with Crippen LogP contribution in [-0.4, -0.2) is 25.0 Å². The molecule has 1 aliphatic rings. The fraction of sp³-hybridized carbons (Fsp3) is 0.500. The van der Waals surface area contributed by atoms with Crippen molar-refractivity contribution < 1.29 is 13.6 Å². The Kier molecular flexibility index (Phi) is 4.47. The Labute approximate surface area is 111 Å². The topological polar surface area (TPSA) is 41.1 Å². The zero-order valence-electron chi connectivity index (χ0n) is 10.9. The molecule has 104 valence electrons. The van der Waals surface area contributed by atoms with E-state index >= 15 is 0 Å². The van der Waals surface area contributed by atoms with Gasteiger partial charge in [-0.3, -0.25) is 4.79 Å². The highest BCUT2D eigenvalue weighted by atomic mass is 19.2. The predicted molar refractivity (Wildman–Crippen MR) is 68.9 cm³/mol. The molecule has 0 aliphatic carbocycles. The quantitative estimate of drug-likeness (QED) is 0.881.